The van der Waals surface area contributed by atoms with Crippen LogP contribution in [0.2, 0.25) is 0 Å². The van der Waals surface area contributed by atoms with E-state index >= 15 is 0 Å². The summed E-state index contributed by atoms with van der Waals surface area (Å²) in [6.45, 7) is 6.76. The third-order valence-electron chi connectivity index (χ3n) is 6.69. The van der Waals surface area contributed by atoms with Crippen molar-refractivity contribution in [1.82, 2.24) is 4.90 Å². The van der Waals surface area contributed by atoms with E-state index in [1.165, 1.54) is 39.1 Å². The first-order valence-electron chi connectivity index (χ1n) is 10.3. The third kappa shape index (κ3) is 2.59. The molecule has 3 aromatic rings. The number of hydrogen-bond donors (Lipinski definition) is 0. The Balaban J connectivity index is 1.65. The van der Waals surface area contributed by atoms with Gasteiger partial charge in [0.05, 0.1) is 11.4 Å². The van der Waals surface area contributed by atoms with E-state index in [-0.39, 0.29) is 6.17 Å². The smallest absolute Gasteiger partial charge is 0.103 e. The lowest BCUT2D eigenvalue weighted by Crippen LogP contribution is -2.36. The molecule has 0 amide bonds. The van der Waals surface area contributed by atoms with Crippen LogP contribution in [-0.4, -0.2) is 31.3 Å². The molecule has 0 unspecified atom stereocenters. The molecule has 0 fully saturated rings. The largest absolute Gasteiger partial charge is 0.359 e. The maximum Gasteiger partial charge on any atom is 0.103 e. The number of nitrogens with zero attached hydrogens (tertiary/aromatic N) is 4. The van der Waals surface area contributed by atoms with E-state index in [1.54, 1.807) is 0 Å². The average Bonchev–Trinajstić information content (AvgIpc) is 3.18. The Bertz CT molecular complexity index is 1120. The molecule has 0 bridgehead atoms. The van der Waals surface area contributed by atoms with Crippen molar-refractivity contribution in [3.05, 3.63) is 72.6 Å². The monoisotopic (exact) mass is 384 g/mol. The minimum absolute atomic E-state index is 0.255. The maximum absolute atomic E-state index is 2.48. The zero-order valence-electron chi connectivity index (χ0n) is 17.8. The Morgan fingerprint density at radius 2 is 1.34 bits per heavy atom. The van der Waals surface area contributed by atoms with Crippen LogP contribution in [0.5, 0.6) is 0 Å². The Morgan fingerprint density at radius 1 is 0.690 bits per heavy atom. The minimum atomic E-state index is 0.255. The first-order valence-corrected chi connectivity index (χ1v) is 10.3. The first-order chi connectivity index (χ1) is 14.0. The van der Waals surface area contributed by atoms with Gasteiger partial charge in [-0.25, -0.2) is 0 Å². The topological polar surface area (TPSA) is 13.0 Å². The van der Waals surface area contributed by atoms with Gasteiger partial charge in [-0.1, -0.05) is 30.3 Å². The molecule has 2 heterocycles. The van der Waals surface area contributed by atoms with E-state index in [4.69, 9.17) is 0 Å². The number of benzene rings is 3. The van der Waals surface area contributed by atoms with Crippen LogP contribution in [0, 0.1) is 6.92 Å². The molecule has 4 nitrogen and oxygen atoms in total. The van der Waals surface area contributed by atoms with Crippen LogP contribution in [0.3, 0.4) is 0 Å². The number of rotatable bonds is 2. The lowest BCUT2D eigenvalue weighted by atomic mass is 10.1. The van der Waals surface area contributed by atoms with Gasteiger partial charge in [-0.3, -0.25) is 0 Å². The van der Waals surface area contributed by atoms with Gasteiger partial charge in [-0.2, -0.15) is 0 Å². The molecule has 0 aromatic heterocycles. The van der Waals surface area contributed by atoms with Crippen molar-refractivity contribution < 1.29 is 0 Å². The molecule has 0 N–H and O–H groups in total. The van der Waals surface area contributed by atoms with Gasteiger partial charge in [0, 0.05) is 37.9 Å². The minimum Gasteiger partial charge on any atom is -0.359 e. The molecule has 2 atom stereocenters. The summed E-state index contributed by atoms with van der Waals surface area (Å²) in [6, 6.07) is 19.9. The zero-order valence-corrected chi connectivity index (χ0v) is 17.8. The van der Waals surface area contributed by atoms with Crippen LogP contribution in [0.15, 0.2) is 67.0 Å². The Kier molecular flexibility index (Phi) is 3.98. The summed E-state index contributed by atoms with van der Waals surface area (Å²) in [6.07, 6.45) is 4.89. The Labute approximate surface area is 173 Å². The number of fused-ring (bicyclic) bond motifs is 2. The second-order valence-corrected chi connectivity index (χ2v) is 8.22. The molecule has 29 heavy (non-hydrogen) atoms. The summed E-state index contributed by atoms with van der Waals surface area (Å²) in [4.78, 5) is 9.44. The highest BCUT2D eigenvalue weighted by Crippen LogP contribution is 2.47. The van der Waals surface area contributed by atoms with E-state index in [0.29, 0.717) is 6.17 Å². The van der Waals surface area contributed by atoms with Crippen molar-refractivity contribution in [1.29, 1.82) is 0 Å². The molecule has 4 heteroatoms. The molecular weight excluding hydrogens is 356 g/mol. The summed E-state index contributed by atoms with van der Waals surface area (Å²) < 4.78 is 0. The van der Waals surface area contributed by atoms with Gasteiger partial charge >= 0.3 is 0 Å². The highest BCUT2D eigenvalue weighted by atomic mass is 15.4. The third-order valence-corrected chi connectivity index (χ3v) is 6.69. The highest BCUT2D eigenvalue weighted by Gasteiger charge is 2.33. The SMILES string of the molecule is Cc1c(N2C=CN(C)[C@H]2C)cccc1N1c2cc3ccccc3cc2N(C)[C@@H]1C. The first kappa shape index (κ1) is 17.9. The van der Waals surface area contributed by atoms with Crippen LogP contribution in [0.25, 0.3) is 10.8 Å². The van der Waals surface area contributed by atoms with E-state index in [0.717, 1.165) is 0 Å². The average molecular weight is 385 g/mol. The molecule has 148 valence electrons. The molecule has 2 aliphatic rings. The Morgan fingerprint density at radius 3 is 2.00 bits per heavy atom. The second kappa shape index (κ2) is 6.45. The quantitative estimate of drug-likeness (QED) is 0.566. The van der Waals surface area contributed by atoms with Crippen molar-refractivity contribution in [2.45, 2.75) is 33.1 Å². The van der Waals surface area contributed by atoms with E-state index in [2.05, 4.69) is 121 Å². The maximum atomic E-state index is 2.48. The molecule has 0 saturated carbocycles. The number of anilines is 4. The van der Waals surface area contributed by atoms with Crippen molar-refractivity contribution in [2.24, 2.45) is 0 Å². The summed E-state index contributed by atoms with van der Waals surface area (Å²) in [5.41, 5.74) is 6.41. The molecule has 5 rings (SSSR count). The fourth-order valence-electron chi connectivity index (χ4n) is 4.65. The van der Waals surface area contributed by atoms with Gasteiger partial charge in [0.25, 0.3) is 0 Å². The molecule has 0 radical (unpaired) electrons. The Hall–Kier alpha value is -3.14. The van der Waals surface area contributed by atoms with Crippen LogP contribution in [-0.2, 0) is 0 Å². The fourth-order valence-corrected chi connectivity index (χ4v) is 4.65. The van der Waals surface area contributed by atoms with E-state index < -0.39 is 0 Å². The van der Waals surface area contributed by atoms with Gasteiger partial charge in [-0.05, 0) is 61.4 Å². The standard InChI is InChI=1S/C25H28N4/c1-17-22(28-14-13-26(4)18(28)2)11-8-12-23(17)29-19(3)27(5)24-15-20-9-6-7-10-21(20)16-25(24)29/h6-16,18-19H,1-5H3/t18-,19+/m1/s1. The van der Waals surface area contributed by atoms with Crippen molar-refractivity contribution in [3.8, 4) is 0 Å². The van der Waals surface area contributed by atoms with Gasteiger partial charge in [0.2, 0.25) is 0 Å². The normalized spacial score (nSPS) is 20.9. The predicted octanol–water partition coefficient (Wildman–Crippen LogP) is 5.65. The molecule has 0 spiro atoms. The number of hydrogen-bond acceptors (Lipinski definition) is 4. The van der Waals surface area contributed by atoms with Gasteiger partial charge in [0.15, 0.2) is 0 Å². The van der Waals surface area contributed by atoms with Crippen molar-refractivity contribution in [3.63, 3.8) is 0 Å². The van der Waals surface area contributed by atoms with Crippen LogP contribution in [0.4, 0.5) is 22.7 Å². The predicted molar refractivity (Wildman–Crippen MR) is 124 cm³/mol. The zero-order chi connectivity index (χ0) is 20.3. The van der Waals surface area contributed by atoms with Gasteiger partial charge in [0.1, 0.15) is 12.3 Å². The molecule has 3 aromatic carbocycles. The van der Waals surface area contributed by atoms with Crippen LogP contribution in [0.1, 0.15) is 19.4 Å². The molecular formula is C25H28N4. The lowest BCUT2D eigenvalue weighted by Gasteiger charge is -2.32. The van der Waals surface area contributed by atoms with Crippen LogP contribution >= 0.6 is 0 Å². The molecule has 2 aliphatic heterocycles. The summed E-state index contributed by atoms with van der Waals surface area (Å²) in [7, 11) is 4.32. The molecule has 0 aliphatic carbocycles. The summed E-state index contributed by atoms with van der Waals surface area (Å²) in [5.74, 6) is 0. The van der Waals surface area contributed by atoms with Gasteiger partial charge < -0.3 is 19.6 Å². The summed E-state index contributed by atoms with van der Waals surface area (Å²) >= 11 is 0. The highest BCUT2D eigenvalue weighted by molar-refractivity contribution is 5.97. The van der Waals surface area contributed by atoms with Crippen LogP contribution < -0.4 is 14.7 Å². The second-order valence-electron chi connectivity index (χ2n) is 8.22. The lowest BCUT2D eigenvalue weighted by molar-refractivity contribution is 0.383. The van der Waals surface area contributed by atoms with Crippen molar-refractivity contribution >= 4 is 33.5 Å². The molecule has 0 saturated heterocycles. The summed E-state index contributed by atoms with van der Waals surface area (Å²) in [5, 5.41) is 2.57. The fraction of sp³-hybridized carbons (Fsp3) is 0.280. The van der Waals surface area contributed by atoms with Gasteiger partial charge in [-0.15, -0.1) is 0 Å². The van der Waals surface area contributed by atoms with E-state index in [9.17, 15) is 0 Å². The van der Waals surface area contributed by atoms with E-state index in [1.807, 2.05) is 0 Å². The van der Waals surface area contributed by atoms with Crippen molar-refractivity contribution in [2.75, 3.05) is 28.8 Å².